The van der Waals surface area contributed by atoms with Crippen LogP contribution in [0, 0.1) is 5.82 Å². The van der Waals surface area contributed by atoms with Crippen molar-refractivity contribution in [2.75, 3.05) is 44.7 Å². The molecule has 0 spiro atoms. The monoisotopic (exact) mass is 314 g/mol. The summed E-state index contributed by atoms with van der Waals surface area (Å²) < 4.78 is 18.1. The molecule has 2 aromatic carbocycles. The second-order valence-corrected chi connectivity index (χ2v) is 5.90. The predicted molar refractivity (Wildman–Crippen MR) is 91.8 cm³/mol. The molecule has 122 valence electrons. The highest BCUT2D eigenvalue weighted by molar-refractivity contribution is 5.49. The smallest absolute Gasteiger partial charge is 0.123 e. The number of benzene rings is 2. The highest BCUT2D eigenvalue weighted by Gasteiger charge is 2.16. The largest absolute Gasteiger partial charge is 0.497 e. The van der Waals surface area contributed by atoms with Gasteiger partial charge in [-0.3, -0.25) is 4.90 Å². The molecule has 1 saturated heterocycles. The van der Waals surface area contributed by atoms with Gasteiger partial charge < -0.3 is 9.64 Å². The Labute approximate surface area is 137 Å². The number of hydrogen-bond donors (Lipinski definition) is 0. The predicted octanol–water partition coefficient (Wildman–Crippen LogP) is 3.20. The summed E-state index contributed by atoms with van der Waals surface area (Å²) in [6, 6.07) is 15.1. The molecule has 0 unspecified atom stereocenters. The van der Waals surface area contributed by atoms with E-state index in [1.54, 1.807) is 7.11 Å². The topological polar surface area (TPSA) is 15.7 Å². The maximum Gasteiger partial charge on any atom is 0.123 e. The lowest BCUT2D eigenvalue weighted by atomic mass is 10.1. The van der Waals surface area contributed by atoms with Crippen molar-refractivity contribution < 1.29 is 9.13 Å². The van der Waals surface area contributed by atoms with Gasteiger partial charge in [0.25, 0.3) is 0 Å². The van der Waals surface area contributed by atoms with Crippen molar-refractivity contribution in [2.45, 2.75) is 6.42 Å². The van der Waals surface area contributed by atoms with E-state index < -0.39 is 0 Å². The molecule has 23 heavy (non-hydrogen) atoms. The molecule has 1 aliphatic rings. The van der Waals surface area contributed by atoms with Crippen LogP contribution in [-0.4, -0.2) is 44.7 Å². The molecule has 0 bridgehead atoms. The minimum Gasteiger partial charge on any atom is -0.497 e. The van der Waals surface area contributed by atoms with E-state index in [-0.39, 0.29) is 5.82 Å². The third kappa shape index (κ3) is 4.23. The van der Waals surface area contributed by atoms with Crippen molar-refractivity contribution >= 4 is 5.69 Å². The summed E-state index contributed by atoms with van der Waals surface area (Å²) in [5, 5.41) is 0. The van der Waals surface area contributed by atoms with Gasteiger partial charge in [0.15, 0.2) is 0 Å². The van der Waals surface area contributed by atoms with E-state index in [1.807, 2.05) is 24.3 Å². The van der Waals surface area contributed by atoms with Crippen molar-refractivity contribution in [3.63, 3.8) is 0 Å². The van der Waals surface area contributed by atoms with Gasteiger partial charge in [-0.25, -0.2) is 4.39 Å². The molecule has 3 rings (SSSR count). The van der Waals surface area contributed by atoms with Crippen LogP contribution >= 0.6 is 0 Å². The number of anilines is 1. The molecule has 1 aliphatic heterocycles. The van der Waals surface area contributed by atoms with Crippen LogP contribution in [0.25, 0.3) is 0 Å². The molecule has 1 heterocycles. The van der Waals surface area contributed by atoms with Crippen LogP contribution in [0.1, 0.15) is 5.56 Å². The SMILES string of the molecule is COc1ccc(N2CCN(CCc3ccc(F)cc3)CC2)cc1. The third-order valence-electron chi connectivity index (χ3n) is 4.44. The summed E-state index contributed by atoms with van der Waals surface area (Å²) >= 11 is 0. The van der Waals surface area contributed by atoms with Gasteiger partial charge in [0.05, 0.1) is 7.11 Å². The van der Waals surface area contributed by atoms with Crippen LogP contribution in [0.4, 0.5) is 10.1 Å². The Morgan fingerprint density at radius 3 is 2.17 bits per heavy atom. The van der Waals surface area contributed by atoms with E-state index in [2.05, 4.69) is 21.9 Å². The number of piperazine rings is 1. The second kappa shape index (κ2) is 7.47. The molecule has 2 aromatic rings. The number of methoxy groups -OCH3 is 1. The zero-order valence-corrected chi connectivity index (χ0v) is 13.5. The number of rotatable bonds is 5. The molecule has 4 heteroatoms. The van der Waals surface area contributed by atoms with Crippen molar-refractivity contribution in [1.29, 1.82) is 0 Å². The fraction of sp³-hybridized carbons (Fsp3) is 0.368. The first kappa shape index (κ1) is 15.8. The second-order valence-electron chi connectivity index (χ2n) is 5.90. The number of ether oxygens (including phenoxy) is 1. The molecule has 3 nitrogen and oxygen atoms in total. The highest BCUT2D eigenvalue weighted by atomic mass is 19.1. The maximum atomic E-state index is 12.9. The van der Waals surface area contributed by atoms with E-state index in [9.17, 15) is 4.39 Å². The summed E-state index contributed by atoms with van der Waals surface area (Å²) in [6.45, 7) is 5.23. The molecule has 0 saturated carbocycles. The normalized spacial score (nSPS) is 15.7. The first-order valence-corrected chi connectivity index (χ1v) is 8.10. The van der Waals surface area contributed by atoms with Crippen LogP contribution in [0.3, 0.4) is 0 Å². The Hall–Kier alpha value is -2.07. The summed E-state index contributed by atoms with van der Waals surface area (Å²) in [5.74, 6) is 0.730. The minimum absolute atomic E-state index is 0.165. The quantitative estimate of drug-likeness (QED) is 0.843. The molecular formula is C19H23FN2O. The Morgan fingerprint density at radius 1 is 0.913 bits per heavy atom. The molecule has 0 atom stereocenters. The lowest BCUT2D eigenvalue weighted by Crippen LogP contribution is -2.46. The van der Waals surface area contributed by atoms with Gasteiger partial charge in [-0.2, -0.15) is 0 Å². The van der Waals surface area contributed by atoms with Crippen molar-refractivity contribution in [3.05, 3.63) is 59.9 Å². The van der Waals surface area contributed by atoms with Crippen molar-refractivity contribution in [2.24, 2.45) is 0 Å². The van der Waals surface area contributed by atoms with Gasteiger partial charge >= 0.3 is 0 Å². The zero-order chi connectivity index (χ0) is 16.1. The molecule has 0 radical (unpaired) electrons. The first-order valence-electron chi connectivity index (χ1n) is 8.10. The van der Waals surface area contributed by atoms with Gasteiger partial charge in [0.1, 0.15) is 11.6 Å². The average Bonchev–Trinajstić information content (AvgIpc) is 2.62. The fourth-order valence-electron chi connectivity index (χ4n) is 2.96. The van der Waals surface area contributed by atoms with Crippen molar-refractivity contribution in [1.82, 2.24) is 4.90 Å². The summed E-state index contributed by atoms with van der Waals surface area (Å²) in [5.41, 5.74) is 2.45. The minimum atomic E-state index is -0.165. The van der Waals surface area contributed by atoms with Crippen LogP contribution in [0.5, 0.6) is 5.75 Å². The molecule has 0 aliphatic carbocycles. The van der Waals surface area contributed by atoms with E-state index in [0.29, 0.717) is 0 Å². The average molecular weight is 314 g/mol. The van der Waals surface area contributed by atoms with E-state index >= 15 is 0 Å². The van der Waals surface area contributed by atoms with Gasteiger partial charge in [-0.05, 0) is 48.4 Å². The molecule has 1 fully saturated rings. The third-order valence-corrected chi connectivity index (χ3v) is 4.44. The number of hydrogen-bond acceptors (Lipinski definition) is 3. The molecular weight excluding hydrogens is 291 g/mol. The molecule has 0 amide bonds. The van der Waals surface area contributed by atoms with Gasteiger partial charge in [0.2, 0.25) is 0 Å². The Morgan fingerprint density at radius 2 is 1.57 bits per heavy atom. The van der Waals surface area contributed by atoms with Gasteiger partial charge in [-0.1, -0.05) is 12.1 Å². The molecule has 0 N–H and O–H groups in total. The Bertz CT molecular complexity index is 604. The first-order chi connectivity index (χ1) is 11.2. The van der Waals surface area contributed by atoms with E-state index in [0.717, 1.165) is 44.9 Å². The number of nitrogens with zero attached hydrogens (tertiary/aromatic N) is 2. The lowest BCUT2D eigenvalue weighted by molar-refractivity contribution is 0.261. The Balaban J connectivity index is 1.47. The van der Waals surface area contributed by atoms with E-state index in [1.165, 1.54) is 23.4 Å². The molecule has 0 aromatic heterocycles. The van der Waals surface area contributed by atoms with Crippen LogP contribution < -0.4 is 9.64 Å². The highest BCUT2D eigenvalue weighted by Crippen LogP contribution is 2.20. The summed E-state index contributed by atoms with van der Waals surface area (Å²) in [7, 11) is 1.69. The summed E-state index contributed by atoms with van der Waals surface area (Å²) in [6.07, 6.45) is 0.975. The maximum absolute atomic E-state index is 12.9. The number of halogens is 1. The van der Waals surface area contributed by atoms with Gasteiger partial charge in [-0.15, -0.1) is 0 Å². The van der Waals surface area contributed by atoms with Gasteiger partial charge in [0, 0.05) is 38.4 Å². The fourth-order valence-corrected chi connectivity index (χ4v) is 2.96. The van der Waals surface area contributed by atoms with Crippen LogP contribution in [-0.2, 0) is 6.42 Å². The standard InChI is InChI=1S/C19H23FN2O/c1-23-19-8-6-18(7-9-19)22-14-12-21(13-15-22)11-10-16-2-4-17(20)5-3-16/h2-9H,10-15H2,1H3. The van der Waals surface area contributed by atoms with Crippen molar-refractivity contribution in [3.8, 4) is 5.75 Å². The van der Waals surface area contributed by atoms with E-state index in [4.69, 9.17) is 4.74 Å². The summed E-state index contributed by atoms with van der Waals surface area (Å²) in [4.78, 5) is 4.89. The van der Waals surface area contributed by atoms with Crippen LogP contribution in [0.15, 0.2) is 48.5 Å². The Kier molecular flexibility index (Phi) is 5.13. The lowest BCUT2D eigenvalue weighted by Gasteiger charge is -2.36. The van der Waals surface area contributed by atoms with Crippen LogP contribution in [0.2, 0.25) is 0 Å². The zero-order valence-electron chi connectivity index (χ0n) is 13.5.